The van der Waals surface area contributed by atoms with Gasteiger partial charge in [0.25, 0.3) is 0 Å². The van der Waals surface area contributed by atoms with E-state index in [1.54, 1.807) is 0 Å². The Hall–Kier alpha value is -2.36. The average Bonchev–Trinajstić information content (AvgIpc) is 3.02. The fourth-order valence-electron chi connectivity index (χ4n) is 3.68. The van der Waals surface area contributed by atoms with Crippen molar-refractivity contribution < 1.29 is 9.90 Å². The van der Waals surface area contributed by atoms with Gasteiger partial charge in [-0.3, -0.25) is 4.79 Å². The van der Waals surface area contributed by atoms with Crippen LogP contribution < -0.4 is 0 Å². The molecule has 26 heavy (non-hydrogen) atoms. The molecule has 3 nitrogen and oxygen atoms in total. The summed E-state index contributed by atoms with van der Waals surface area (Å²) in [5.41, 5.74) is 3.51. The van der Waals surface area contributed by atoms with E-state index in [1.807, 2.05) is 79.1 Å². The van der Waals surface area contributed by atoms with E-state index in [-0.39, 0.29) is 5.78 Å². The molecule has 1 aliphatic carbocycles. The smallest absolute Gasteiger partial charge is 0.165 e. The first-order valence-electron chi connectivity index (χ1n) is 8.67. The molecule has 0 saturated carbocycles. The molecule has 1 heterocycles. The summed E-state index contributed by atoms with van der Waals surface area (Å²) in [6, 6.07) is 19.3. The first-order valence-corrected chi connectivity index (χ1v) is 9.04. The van der Waals surface area contributed by atoms with E-state index in [2.05, 4.69) is 0 Å². The summed E-state index contributed by atoms with van der Waals surface area (Å²) >= 11 is 6.06. The van der Waals surface area contributed by atoms with E-state index >= 15 is 0 Å². The highest BCUT2D eigenvalue weighted by molar-refractivity contribution is 6.30. The van der Waals surface area contributed by atoms with Gasteiger partial charge in [0, 0.05) is 28.1 Å². The Bertz CT molecular complexity index is 971. The molecular weight excluding hydrogens is 346 g/mol. The maximum atomic E-state index is 12.8. The molecule has 1 atom stereocenters. The Kier molecular flexibility index (Phi) is 4.02. The number of carbonyl (C=O) groups excluding carboxylic acids is 1. The van der Waals surface area contributed by atoms with Crippen LogP contribution in [0.4, 0.5) is 0 Å². The topological polar surface area (TPSA) is 42.2 Å². The number of aliphatic hydroxyl groups excluding tert-OH is 1. The number of fused-ring (bicyclic) bond motifs is 1. The number of benzene rings is 2. The van der Waals surface area contributed by atoms with Crippen LogP contribution in [0.25, 0.3) is 16.9 Å². The Morgan fingerprint density at radius 2 is 1.73 bits per heavy atom. The van der Waals surface area contributed by atoms with Crippen molar-refractivity contribution in [3.05, 3.63) is 76.9 Å². The zero-order chi connectivity index (χ0) is 18.5. The zero-order valence-corrected chi connectivity index (χ0v) is 15.5. The number of Topliss-reactive ketones (excluding diaryl/α,β-unsaturated/α-hetero) is 1. The van der Waals surface area contributed by atoms with Crippen LogP contribution >= 0.6 is 11.6 Å². The summed E-state index contributed by atoms with van der Waals surface area (Å²) in [5, 5.41) is 11.7. The standard InChI is InChI=1S/C22H20ClNO2/c1-22(2)13-19(25)17-12-18(14-6-4-3-5-7-14)24(20(17)21(22)26)16-10-8-15(23)9-11-16/h3-12,21,26H,13H2,1-2H3. The molecular formula is C22H20ClNO2. The Morgan fingerprint density at radius 1 is 1.08 bits per heavy atom. The van der Waals surface area contributed by atoms with Crippen molar-refractivity contribution in [2.45, 2.75) is 26.4 Å². The van der Waals surface area contributed by atoms with Crippen molar-refractivity contribution in [1.82, 2.24) is 4.57 Å². The number of aliphatic hydroxyl groups is 1. The molecule has 0 saturated heterocycles. The first-order chi connectivity index (χ1) is 12.4. The van der Waals surface area contributed by atoms with Crippen molar-refractivity contribution in [3.63, 3.8) is 0 Å². The van der Waals surface area contributed by atoms with Gasteiger partial charge >= 0.3 is 0 Å². The first kappa shape index (κ1) is 17.1. The Morgan fingerprint density at radius 3 is 2.38 bits per heavy atom. The van der Waals surface area contributed by atoms with Crippen molar-refractivity contribution in [3.8, 4) is 16.9 Å². The van der Waals surface area contributed by atoms with Crippen LogP contribution in [0.2, 0.25) is 5.02 Å². The second-order valence-electron chi connectivity index (χ2n) is 7.50. The highest BCUT2D eigenvalue weighted by Crippen LogP contribution is 2.46. The molecule has 0 amide bonds. The van der Waals surface area contributed by atoms with Crippen LogP contribution in [0.15, 0.2) is 60.7 Å². The van der Waals surface area contributed by atoms with E-state index in [9.17, 15) is 9.90 Å². The summed E-state index contributed by atoms with van der Waals surface area (Å²) in [4.78, 5) is 12.8. The van der Waals surface area contributed by atoms with Crippen molar-refractivity contribution >= 4 is 17.4 Å². The lowest BCUT2D eigenvalue weighted by atomic mass is 9.74. The third-order valence-corrected chi connectivity index (χ3v) is 5.36. The fraction of sp³-hybridized carbons (Fsp3) is 0.227. The summed E-state index contributed by atoms with van der Waals surface area (Å²) < 4.78 is 1.99. The van der Waals surface area contributed by atoms with Gasteiger partial charge < -0.3 is 9.67 Å². The number of hydrogen-bond acceptors (Lipinski definition) is 2. The second kappa shape index (κ2) is 6.11. The summed E-state index contributed by atoms with van der Waals surface area (Å²) in [6.07, 6.45) is -0.400. The van der Waals surface area contributed by atoms with Gasteiger partial charge in [0.2, 0.25) is 0 Å². The largest absolute Gasteiger partial charge is 0.386 e. The molecule has 1 N–H and O–H groups in total. The molecule has 132 valence electrons. The minimum atomic E-state index is -0.733. The van der Waals surface area contributed by atoms with E-state index in [1.165, 1.54) is 0 Å². The predicted octanol–water partition coefficient (Wildman–Crippen LogP) is 5.44. The number of carbonyl (C=O) groups is 1. The molecule has 1 aliphatic rings. The number of ketones is 1. The number of halogens is 1. The molecule has 0 aliphatic heterocycles. The molecule has 4 rings (SSSR count). The summed E-state index contributed by atoms with van der Waals surface area (Å²) in [5.74, 6) is 0.0696. The maximum absolute atomic E-state index is 12.8. The molecule has 0 fully saturated rings. The SMILES string of the molecule is CC1(C)CC(=O)c2cc(-c3ccccc3)n(-c3ccc(Cl)cc3)c2C1O. The van der Waals surface area contributed by atoms with Crippen molar-refractivity contribution in [1.29, 1.82) is 0 Å². The van der Waals surface area contributed by atoms with Crippen LogP contribution in [0.3, 0.4) is 0 Å². The number of aromatic nitrogens is 1. The van der Waals surface area contributed by atoms with Gasteiger partial charge in [-0.1, -0.05) is 55.8 Å². The monoisotopic (exact) mass is 365 g/mol. The molecule has 0 radical (unpaired) electrons. The summed E-state index contributed by atoms with van der Waals surface area (Å²) in [7, 11) is 0. The van der Waals surface area contributed by atoms with Gasteiger partial charge in [0.15, 0.2) is 5.78 Å². The van der Waals surface area contributed by atoms with Crippen molar-refractivity contribution in [2.75, 3.05) is 0 Å². The molecule has 2 aromatic carbocycles. The lowest BCUT2D eigenvalue weighted by Crippen LogP contribution is -2.32. The van der Waals surface area contributed by atoms with E-state index in [0.717, 1.165) is 16.9 Å². The normalized spacial score (nSPS) is 18.6. The fourth-order valence-corrected chi connectivity index (χ4v) is 3.81. The molecule has 0 bridgehead atoms. The number of nitrogens with zero attached hydrogens (tertiary/aromatic N) is 1. The van der Waals surface area contributed by atoms with E-state index < -0.39 is 11.5 Å². The quantitative estimate of drug-likeness (QED) is 0.656. The Labute approximate surface area is 157 Å². The zero-order valence-electron chi connectivity index (χ0n) is 14.7. The molecule has 1 aromatic heterocycles. The van der Waals surface area contributed by atoms with Gasteiger partial charge in [-0.15, -0.1) is 0 Å². The lowest BCUT2D eigenvalue weighted by molar-refractivity contribution is 0.0281. The summed E-state index contributed by atoms with van der Waals surface area (Å²) in [6.45, 7) is 3.86. The third-order valence-electron chi connectivity index (χ3n) is 5.11. The average molecular weight is 366 g/mol. The second-order valence-corrected chi connectivity index (χ2v) is 7.93. The van der Waals surface area contributed by atoms with Crippen molar-refractivity contribution in [2.24, 2.45) is 5.41 Å². The van der Waals surface area contributed by atoms with Gasteiger partial charge in [0.1, 0.15) is 6.10 Å². The third kappa shape index (κ3) is 2.68. The van der Waals surface area contributed by atoms with Gasteiger partial charge in [-0.25, -0.2) is 0 Å². The Balaban J connectivity index is 2.04. The molecule has 4 heteroatoms. The van der Waals surface area contributed by atoms with E-state index in [4.69, 9.17) is 11.6 Å². The van der Waals surface area contributed by atoms with Crippen LogP contribution in [0.5, 0.6) is 0 Å². The number of hydrogen-bond donors (Lipinski definition) is 1. The maximum Gasteiger partial charge on any atom is 0.165 e. The predicted molar refractivity (Wildman–Crippen MR) is 104 cm³/mol. The highest BCUT2D eigenvalue weighted by atomic mass is 35.5. The minimum Gasteiger partial charge on any atom is -0.386 e. The number of rotatable bonds is 2. The lowest BCUT2D eigenvalue weighted by Gasteiger charge is -2.35. The molecule has 3 aromatic rings. The van der Waals surface area contributed by atoms with Crippen LogP contribution in [-0.4, -0.2) is 15.5 Å². The highest BCUT2D eigenvalue weighted by Gasteiger charge is 2.42. The van der Waals surface area contributed by atoms with E-state index in [0.29, 0.717) is 22.7 Å². The molecule has 0 spiro atoms. The minimum absolute atomic E-state index is 0.0696. The van der Waals surface area contributed by atoms with Gasteiger partial charge in [-0.2, -0.15) is 0 Å². The van der Waals surface area contributed by atoms with Crippen LogP contribution in [-0.2, 0) is 0 Å². The van der Waals surface area contributed by atoms with Gasteiger partial charge in [-0.05, 0) is 35.9 Å². The van der Waals surface area contributed by atoms with Crippen LogP contribution in [0, 0.1) is 5.41 Å². The van der Waals surface area contributed by atoms with Crippen LogP contribution in [0.1, 0.15) is 42.4 Å². The molecule has 1 unspecified atom stereocenters. The van der Waals surface area contributed by atoms with Gasteiger partial charge in [0.05, 0.1) is 11.4 Å².